The molecule has 0 saturated carbocycles. The van der Waals surface area contributed by atoms with Crippen molar-refractivity contribution in [3.05, 3.63) is 53.3 Å². The number of pyridine rings is 1. The van der Waals surface area contributed by atoms with Gasteiger partial charge in [0, 0.05) is 30.0 Å². The van der Waals surface area contributed by atoms with Crippen LogP contribution in [0.5, 0.6) is 0 Å². The quantitative estimate of drug-likeness (QED) is 0.909. The van der Waals surface area contributed by atoms with Crippen molar-refractivity contribution in [2.75, 3.05) is 23.3 Å². The molecule has 120 valence electrons. The maximum atomic E-state index is 12.4. The molecule has 1 fully saturated rings. The molecule has 0 unspecified atom stereocenters. The van der Waals surface area contributed by atoms with Crippen LogP contribution in [0.15, 0.2) is 42.7 Å². The molecule has 1 amide bonds. The summed E-state index contributed by atoms with van der Waals surface area (Å²) in [7, 11) is 0. The van der Waals surface area contributed by atoms with Gasteiger partial charge in [0.15, 0.2) is 0 Å². The van der Waals surface area contributed by atoms with Crippen LogP contribution in [-0.2, 0) is 0 Å². The van der Waals surface area contributed by atoms with Gasteiger partial charge in [-0.1, -0.05) is 24.4 Å². The molecular weight excluding hydrogens is 310 g/mol. The lowest BCUT2D eigenvalue weighted by molar-refractivity contribution is 0.102. The predicted octanol–water partition coefficient (Wildman–Crippen LogP) is 4.37. The summed E-state index contributed by atoms with van der Waals surface area (Å²) in [6.07, 6.45) is 8.39. The molecule has 0 bridgehead atoms. The molecule has 0 radical (unpaired) electrons. The number of halogens is 1. The molecular formula is C18H20ClN3O. The van der Waals surface area contributed by atoms with Crippen LogP contribution in [0.1, 0.15) is 36.0 Å². The first-order valence-corrected chi connectivity index (χ1v) is 8.37. The highest BCUT2D eigenvalue weighted by molar-refractivity contribution is 6.30. The second kappa shape index (κ2) is 7.47. The normalized spacial score (nSPS) is 15.1. The Morgan fingerprint density at radius 3 is 2.43 bits per heavy atom. The largest absolute Gasteiger partial charge is 0.370 e. The third-order valence-electron chi connectivity index (χ3n) is 4.06. The molecule has 5 heteroatoms. The summed E-state index contributed by atoms with van der Waals surface area (Å²) in [5, 5.41) is 3.52. The number of nitrogens with one attached hydrogen (secondary N) is 1. The summed E-state index contributed by atoms with van der Waals surface area (Å²) in [5.74, 6) is -0.156. The van der Waals surface area contributed by atoms with Crippen LogP contribution in [0.2, 0.25) is 5.02 Å². The van der Waals surface area contributed by atoms with Crippen molar-refractivity contribution in [3.8, 4) is 0 Å². The number of hydrogen-bond donors (Lipinski definition) is 1. The Kier molecular flexibility index (Phi) is 5.13. The minimum absolute atomic E-state index is 0.156. The van der Waals surface area contributed by atoms with Crippen molar-refractivity contribution in [2.24, 2.45) is 0 Å². The van der Waals surface area contributed by atoms with Crippen LogP contribution < -0.4 is 10.2 Å². The zero-order valence-corrected chi connectivity index (χ0v) is 13.7. The number of benzene rings is 1. The average Bonchev–Trinajstić information content (AvgIpc) is 2.86. The maximum Gasteiger partial charge on any atom is 0.257 e. The second-order valence-electron chi connectivity index (χ2n) is 5.79. The summed E-state index contributed by atoms with van der Waals surface area (Å²) in [5.41, 5.74) is 2.32. The van der Waals surface area contributed by atoms with Gasteiger partial charge in [0.25, 0.3) is 5.91 Å². The fraction of sp³-hybridized carbons (Fsp3) is 0.333. The number of aromatic nitrogens is 1. The second-order valence-corrected chi connectivity index (χ2v) is 6.23. The Labute approximate surface area is 141 Å². The van der Waals surface area contributed by atoms with E-state index in [1.165, 1.54) is 25.7 Å². The first-order chi connectivity index (χ1) is 11.2. The van der Waals surface area contributed by atoms with Crippen molar-refractivity contribution in [2.45, 2.75) is 25.7 Å². The lowest BCUT2D eigenvalue weighted by Crippen LogP contribution is -2.24. The van der Waals surface area contributed by atoms with Gasteiger partial charge in [0.1, 0.15) is 0 Å². The van der Waals surface area contributed by atoms with E-state index in [1.54, 1.807) is 30.5 Å². The molecule has 1 aliphatic heterocycles. The van der Waals surface area contributed by atoms with Crippen molar-refractivity contribution in [3.63, 3.8) is 0 Å². The minimum atomic E-state index is -0.156. The van der Waals surface area contributed by atoms with Gasteiger partial charge in [-0.15, -0.1) is 0 Å². The molecule has 1 aromatic heterocycles. The topological polar surface area (TPSA) is 45.2 Å². The zero-order chi connectivity index (χ0) is 16.1. The predicted molar refractivity (Wildman–Crippen MR) is 94.3 cm³/mol. The van der Waals surface area contributed by atoms with Gasteiger partial charge >= 0.3 is 0 Å². The molecule has 1 N–H and O–H groups in total. The Bertz CT molecular complexity index is 664. The number of carbonyl (C=O) groups is 1. The van der Waals surface area contributed by atoms with E-state index in [2.05, 4.69) is 15.2 Å². The first-order valence-electron chi connectivity index (χ1n) is 7.99. The number of rotatable bonds is 3. The average molecular weight is 330 g/mol. The van der Waals surface area contributed by atoms with Crippen LogP contribution in [0.25, 0.3) is 0 Å². The fourth-order valence-electron chi connectivity index (χ4n) is 2.79. The van der Waals surface area contributed by atoms with Gasteiger partial charge in [-0.05, 0) is 43.2 Å². The van der Waals surface area contributed by atoms with E-state index in [1.807, 2.05) is 12.3 Å². The summed E-state index contributed by atoms with van der Waals surface area (Å²) in [4.78, 5) is 19.0. The standard InChI is InChI=1S/C18H20ClN3O/c19-15-5-7-16(8-6-15)21-18(23)14-11-17(13-20-12-14)22-9-3-1-2-4-10-22/h5-8,11-13H,1-4,9-10H2,(H,21,23). The molecule has 4 nitrogen and oxygen atoms in total. The van der Waals surface area contributed by atoms with Crippen LogP contribution in [0.4, 0.5) is 11.4 Å². The number of amides is 1. The number of nitrogens with zero attached hydrogens (tertiary/aromatic N) is 2. The lowest BCUT2D eigenvalue weighted by atomic mass is 10.2. The van der Waals surface area contributed by atoms with Gasteiger partial charge < -0.3 is 10.2 Å². The van der Waals surface area contributed by atoms with E-state index < -0.39 is 0 Å². The van der Waals surface area contributed by atoms with E-state index in [0.29, 0.717) is 10.6 Å². The molecule has 0 aliphatic carbocycles. The number of anilines is 2. The Hall–Kier alpha value is -2.07. The Balaban J connectivity index is 1.73. The molecule has 3 rings (SSSR count). The summed E-state index contributed by atoms with van der Waals surface area (Å²) < 4.78 is 0. The maximum absolute atomic E-state index is 12.4. The van der Waals surface area contributed by atoms with E-state index >= 15 is 0 Å². The van der Waals surface area contributed by atoms with Crippen molar-refractivity contribution < 1.29 is 4.79 Å². The number of carbonyl (C=O) groups excluding carboxylic acids is 1. The summed E-state index contributed by atoms with van der Waals surface area (Å²) >= 11 is 5.86. The fourth-order valence-corrected chi connectivity index (χ4v) is 2.92. The van der Waals surface area contributed by atoms with Gasteiger partial charge in [-0.3, -0.25) is 9.78 Å². The summed E-state index contributed by atoms with van der Waals surface area (Å²) in [6.45, 7) is 2.06. The van der Waals surface area contributed by atoms with Crippen LogP contribution >= 0.6 is 11.6 Å². The van der Waals surface area contributed by atoms with Crippen molar-refractivity contribution in [1.82, 2.24) is 4.98 Å². The zero-order valence-electron chi connectivity index (χ0n) is 13.0. The highest BCUT2D eigenvalue weighted by Crippen LogP contribution is 2.20. The molecule has 2 aromatic rings. The highest BCUT2D eigenvalue weighted by Gasteiger charge is 2.13. The van der Waals surface area contributed by atoms with Crippen LogP contribution in [-0.4, -0.2) is 24.0 Å². The van der Waals surface area contributed by atoms with Gasteiger partial charge in [-0.2, -0.15) is 0 Å². The van der Waals surface area contributed by atoms with Gasteiger partial charge in [0.2, 0.25) is 0 Å². The Morgan fingerprint density at radius 1 is 1.04 bits per heavy atom. The van der Waals surface area contributed by atoms with Gasteiger partial charge in [-0.25, -0.2) is 0 Å². The SMILES string of the molecule is O=C(Nc1ccc(Cl)cc1)c1cncc(N2CCCCCC2)c1. The van der Waals surface area contributed by atoms with Crippen molar-refractivity contribution >= 4 is 28.9 Å². The van der Waals surface area contributed by atoms with Crippen LogP contribution in [0.3, 0.4) is 0 Å². The third-order valence-corrected chi connectivity index (χ3v) is 4.31. The first kappa shape index (κ1) is 15.8. The molecule has 0 spiro atoms. The summed E-state index contributed by atoms with van der Waals surface area (Å²) in [6, 6.07) is 8.99. The third kappa shape index (κ3) is 4.23. The van der Waals surface area contributed by atoms with Crippen LogP contribution in [0, 0.1) is 0 Å². The molecule has 1 saturated heterocycles. The smallest absolute Gasteiger partial charge is 0.257 e. The lowest BCUT2D eigenvalue weighted by Gasteiger charge is -2.22. The van der Waals surface area contributed by atoms with Gasteiger partial charge in [0.05, 0.1) is 17.4 Å². The Morgan fingerprint density at radius 2 is 1.74 bits per heavy atom. The number of hydrogen-bond acceptors (Lipinski definition) is 3. The van der Waals surface area contributed by atoms with Crippen molar-refractivity contribution in [1.29, 1.82) is 0 Å². The minimum Gasteiger partial charge on any atom is -0.370 e. The molecule has 0 atom stereocenters. The van der Waals surface area contributed by atoms with E-state index in [4.69, 9.17) is 11.6 Å². The van der Waals surface area contributed by atoms with E-state index in [9.17, 15) is 4.79 Å². The highest BCUT2D eigenvalue weighted by atomic mass is 35.5. The van der Waals surface area contributed by atoms with E-state index in [-0.39, 0.29) is 5.91 Å². The monoisotopic (exact) mass is 329 g/mol. The van der Waals surface area contributed by atoms with E-state index in [0.717, 1.165) is 24.5 Å². The molecule has 1 aromatic carbocycles. The molecule has 23 heavy (non-hydrogen) atoms. The molecule has 1 aliphatic rings. The molecule has 2 heterocycles.